The molecule has 0 bridgehead atoms. The monoisotopic (exact) mass is 390 g/mol. The van der Waals surface area contributed by atoms with Crippen LogP contribution in [0.4, 0.5) is 5.69 Å². The number of carboxylic acids is 1. The van der Waals surface area contributed by atoms with Crippen LogP contribution < -0.4 is 5.32 Å². The minimum absolute atomic E-state index is 0.280. The van der Waals surface area contributed by atoms with Crippen LogP contribution in [0.15, 0.2) is 79.0 Å². The molecule has 1 aromatic heterocycles. The van der Waals surface area contributed by atoms with Gasteiger partial charge in [-0.15, -0.1) is 0 Å². The average Bonchev–Trinajstić information content (AvgIpc) is 3.06. The van der Waals surface area contributed by atoms with Crippen molar-refractivity contribution in [2.75, 3.05) is 5.32 Å². The number of carbonyl (C=O) groups is 1. The maximum absolute atomic E-state index is 11.0. The van der Waals surface area contributed by atoms with E-state index in [1.807, 2.05) is 36.4 Å². The van der Waals surface area contributed by atoms with E-state index >= 15 is 0 Å². The van der Waals surface area contributed by atoms with Crippen molar-refractivity contribution in [3.63, 3.8) is 0 Å². The number of fused-ring (bicyclic) bond motifs is 1. The predicted molar refractivity (Wildman–Crippen MR) is 113 cm³/mol. The predicted octanol–water partition coefficient (Wildman–Crippen LogP) is 5.65. The molecule has 5 heteroatoms. The van der Waals surface area contributed by atoms with E-state index < -0.39 is 5.97 Å². The molecule has 4 aromatic rings. The molecule has 28 heavy (non-hydrogen) atoms. The Bertz CT molecular complexity index is 1130. The summed E-state index contributed by atoms with van der Waals surface area (Å²) in [6.07, 6.45) is 2.15. The number of aromatic carboxylic acids is 1. The molecule has 0 atom stereocenters. The highest BCUT2D eigenvalue weighted by atomic mass is 35.5. The zero-order chi connectivity index (χ0) is 19.5. The van der Waals surface area contributed by atoms with Gasteiger partial charge in [0, 0.05) is 40.9 Å². The molecule has 0 saturated carbocycles. The van der Waals surface area contributed by atoms with Crippen molar-refractivity contribution >= 4 is 34.2 Å². The zero-order valence-corrected chi connectivity index (χ0v) is 15.9. The SMILES string of the molecule is O=C(O)c1ccc(NCc2cn(Cc3ccccc3Cl)c3ccccc23)cc1. The number of halogens is 1. The molecule has 1 heterocycles. The Morgan fingerprint density at radius 1 is 0.929 bits per heavy atom. The number of rotatable bonds is 6. The van der Waals surface area contributed by atoms with Crippen LogP contribution in [-0.4, -0.2) is 15.6 Å². The van der Waals surface area contributed by atoms with Crippen LogP contribution in [0, 0.1) is 0 Å². The van der Waals surface area contributed by atoms with Gasteiger partial charge in [-0.25, -0.2) is 4.79 Å². The second kappa shape index (κ2) is 7.79. The number of hydrogen-bond acceptors (Lipinski definition) is 2. The van der Waals surface area contributed by atoms with Gasteiger partial charge >= 0.3 is 5.97 Å². The number of carboxylic acid groups (broad SMARTS) is 1. The van der Waals surface area contributed by atoms with E-state index in [1.165, 1.54) is 10.9 Å². The molecule has 140 valence electrons. The van der Waals surface area contributed by atoms with Crippen molar-refractivity contribution < 1.29 is 9.90 Å². The number of benzene rings is 3. The lowest BCUT2D eigenvalue weighted by Gasteiger charge is -2.07. The lowest BCUT2D eigenvalue weighted by Crippen LogP contribution is -2.01. The zero-order valence-electron chi connectivity index (χ0n) is 15.1. The number of aromatic nitrogens is 1. The van der Waals surface area contributed by atoms with Gasteiger partial charge in [0.25, 0.3) is 0 Å². The van der Waals surface area contributed by atoms with Gasteiger partial charge in [-0.2, -0.15) is 0 Å². The molecule has 0 radical (unpaired) electrons. The second-order valence-corrected chi connectivity index (χ2v) is 7.03. The third-order valence-electron chi connectivity index (χ3n) is 4.78. The molecular weight excluding hydrogens is 372 g/mol. The van der Waals surface area contributed by atoms with Crippen molar-refractivity contribution in [2.45, 2.75) is 13.1 Å². The summed E-state index contributed by atoms with van der Waals surface area (Å²) in [5.74, 6) is -0.922. The van der Waals surface area contributed by atoms with E-state index in [9.17, 15) is 4.79 Å². The number of anilines is 1. The third-order valence-corrected chi connectivity index (χ3v) is 5.15. The summed E-state index contributed by atoms with van der Waals surface area (Å²) < 4.78 is 2.21. The fourth-order valence-corrected chi connectivity index (χ4v) is 3.53. The first-order valence-corrected chi connectivity index (χ1v) is 9.37. The van der Waals surface area contributed by atoms with Crippen LogP contribution in [0.5, 0.6) is 0 Å². The fraction of sp³-hybridized carbons (Fsp3) is 0.0870. The highest BCUT2D eigenvalue weighted by Crippen LogP contribution is 2.25. The summed E-state index contributed by atoms with van der Waals surface area (Å²) >= 11 is 6.34. The van der Waals surface area contributed by atoms with Crippen LogP contribution in [0.3, 0.4) is 0 Å². The molecule has 4 nitrogen and oxygen atoms in total. The van der Waals surface area contributed by atoms with E-state index in [1.54, 1.807) is 24.3 Å². The van der Waals surface area contributed by atoms with E-state index in [-0.39, 0.29) is 5.56 Å². The van der Waals surface area contributed by atoms with E-state index in [2.05, 4.69) is 28.2 Å². The smallest absolute Gasteiger partial charge is 0.335 e. The molecule has 4 rings (SSSR count). The van der Waals surface area contributed by atoms with E-state index in [0.29, 0.717) is 13.1 Å². The van der Waals surface area contributed by atoms with Crippen LogP contribution in [0.1, 0.15) is 21.5 Å². The van der Waals surface area contributed by atoms with Gasteiger partial charge in [-0.3, -0.25) is 0 Å². The molecular formula is C23H19ClN2O2. The highest BCUT2D eigenvalue weighted by Gasteiger charge is 2.10. The standard InChI is InChI=1S/C23H19ClN2O2/c24-21-7-3-1-5-17(21)14-26-15-18(20-6-2-4-8-22(20)26)13-25-19-11-9-16(10-12-19)23(27)28/h1-12,15,25H,13-14H2,(H,27,28). The highest BCUT2D eigenvalue weighted by molar-refractivity contribution is 6.31. The number of para-hydroxylation sites is 1. The molecule has 3 aromatic carbocycles. The molecule has 0 amide bonds. The van der Waals surface area contributed by atoms with Gasteiger partial charge in [-0.1, -0.05) is 48.0 Å². The number of nitrogens with one attached hydrogen (secondary N) is 1. The minimum atomic E-state index is -0.922. The first kappa shape index (κ1) is 18.1. The maximum Gasteiger partial charge on any atom is 0.335 e. The van der Waals surface area contributed by atoms with Crippen LogP contribution in [0.2, 0.25) is 5.02 Å². The van der Waals surface area contributed by atoms with Gasteiger partial charge < -0.3 is 15.0 Å². The summed E-state index contributed by atoms with van der Waals surface area (Å²) in [5.41, 5.74) is 4.56. The van der Waals surface area contributed by atoms with Crippen molar-refractivity contribution in [2.24, 2.45) is 0 Å². The van der Waals surface area contributed by atoms with Gasteiger partial charge in [0.05, 0.1) is 5.56 Å². The molecule has 0 unspecified atom stereocenters. The Hall–Kier alpha value is -3.24. The molecule has 0 spiro atoms. The Balaban J connectivity index is 1.59. The molecule has 0 aliphatic carbocycles. The summed E-state index contributed by atoms with van der Waals surface area (Å²) in [5, 5.41) is 14.3. The van der Waals surface area contributed by atoms with E-state index in [4.69, 9.17) is 16.7 Å². The molecule has 0 saturated heterocycles. The van der Waals surface area contributed by atoms with Gasteiger partial charge in [0.1, 0.15) is 0 Å². The van der Waals surface area contributed by atoms with Crippen LogP contribution >= 0.6 is 11.6 Å². The molecule has 0 fully saturated rings. The fourth-order valence-electron chi connectivity index (χ4n) is 3.33. The topological polar surface area (TPSA) is 54.3 Å². The third kappa shape index (κ3) is 3.73. The molecule has 2 N–H and O–H groups in total. The van der Waals surface area contributed by atoms with Gasteiger partial charge in [0.15, 0.2) is 0 Å². The Morgan fingerprint density at radius 3 is 2.39 bits per heavy atom. The number of nitrogens with zero attached hydrogens (tertiary/aromatic N) is 1. The van der Waals surface area contributed by atoms with Crippen LogP contribution in [0.25, 0.3) is 10.9 Å². The van der Waals surface area contributed by atoms with Crippen molar-refractivity contribution in [1.29, 1.82) is 0 Å². The van der Waals surface area contributed by atoms with Crippen molar-refractivity contribution in [3.05, 3.63) is 101 Å². The Labute approximate surface area is 168 Å². The maximum atomic E-state index is 11.0. The summed E-state index contributed by atoms with van der Waals surface area (Å²) in [6, 6.07) is 22.9. The quantitative estimate of drug-likeness (QED) is 0.447. The van der Waals surface area contributed by atoms with Crippen LogP contribution in [-0.2, 0) is 13.1 Å². The Kier molecular flexibility index (Phi) is 5.04. The summed E-state index contributed by atoms with van der Waals surface area (Å²) in [6.45, 7) is 1.34. The summed E-state index contributed by atoms with van der Waals surface area (Å²) in [4.78, 5) is 11.0. The average molecular weight is 391 g/mol. The normalized spacial score (nSPS) is 10.9. The van der Waals surface area contributed by atoms with Gasteiger partial charge in [-0.05, 0) is 47.5 Å². The first-order valence-electron chi connectivity index (χ1n) is 8.99. The minimum Gasteiger partial charge on any atom is -0.478 e. The first-order chi connectivity index (χ1) is 13.6. The largest absolute Gasteiger partial charge is 0.478 e. The molecule has 0 aliphatic rings. The summed E-state index contributed by atoms with van der Waals surface area (Å²) in [7, 11) is 0. The lowest BCUT2D eigenvalue weighted by molar-refractivity contribution is 0.0697. The second-order valence-electron chi connectivity index (χ2n) is 6.63. The van der Waals surface area contributed by atoms with E-state index in [0.717, 1.165) is 21.8 Å². The Morgan fingerprint density at radius 2 is 1.64 bits per heavy atom. The van der Waals surface area contributed by atoms with Crippen molar-refractivity contribution in [3.8, 4) is 0 Å². The van der Waals surface area contributed by atoms with Crippen molar-refractivity contribution in [1.82, 2.24) is 4.57 Å². The number of hydrogen-bond donors (Lipinski definition) is 2. The van der Waals surface area contributed by atoms with Gasteiger partial charge in [0.2, 0.25) is 0 Å². The molecule has 0 aliphatic heterocycles. The lowest BCUT2D eigenvalue weighted by atomic mass is 10.1.